The molecule has 17 heavy (non-hydrogen) atoms. The molecule has 0 bridgehead atoms. The second-order valence-electron chi connectivity index (χ2n) is 5.26. The van der Waals surface area contributed by atoms with Crippen molar-refractivity contribution in [2.24, 2.45) is 5.92 Å². The molecule has 0 aliphatic carbocycles. The summed E-state index contributed by atoms with van der Waals surface area (Å²) in [6.45, 7) is 10.3. The summed E-state index contributed by atoms with van der Waals surface area (Å²) in [6, 6.07) is 0.784. The second-order valence-corrected chi connectivity index (χ2v) is 5.26. The highest BCUT2D eigenvalue weighted by molar-refractivity contribution is 5.70. The predicted molar refractivity (Wildman–Crippen MR) is 66.1 cm³/mol. The average Bonchev–Trinajstić information content (AvgIpc) is 2.27. The normalized spacial score (nSPS) is 27.4. The van der Waals surface area contributed by atoms with Gasteiger partial charge < -0.3 is 10.4 Å². The van der Waals surface area contributed by atoms with E-state index in [0.29, 0.717) is 6.04 Å². The first kappa shape index (κ1) is 12.8. The minimum absolute atomic E-state index is 0.145. The minimum Gasteiger partial charge on any atom is -0.481 e. The van der Waals surface area contributed by atoms with Gasteiger partial charge in [0, 0.05) is 51.4 Å². The molecule has 2 unspecified atom stereocenters. The largest absolute Gasteiger partial charge is 0.481 e. The van der Waals surface area contributed by atoms with Crippen LogP contribution in [-0.4, -0.2) is 72.2 Å². The predicted octanol–water partition coefficient (Wildman–Crippen LogP) is -0.315. The van der Waals surface area contributed by atoms with Crippen LogP contribution in [-0.2, 0) is 4.79 Å². The Labute approximate surface area is 103 Å². The summed E-state index contributed by atoms with van der Waals surface area (Å²) in [6.07, 6.45) is 0. The van der Waals surface area contributed by atoms with Crippen molar-refractivity contribution >= 4 is 5.97 Å². The number of carboxylic acids is 1. The summed E-state index contributed by atoms with van der Waals surface area (Å²) in [5, 5.41) is 12.3. The van der Waals surface area contributed by atoms with Gasteiger partial charge in [-0.2, -0.15) is 0 Å². The summed E-state index contributed by atoms with van der Waals surface area (Å²) in [7, 11) is 0. The molecule has 0 aromatic carbocycles. The molecule has 2 aliphatic rings. The molecule has 0 spiro atoms. The van der Waals surface area contributed by atoms with E-state index in [-0.39, 0.29) is 12.0 Å². The molecule has 2 saturated heterocycles. The van der Waals surface area contributed by atoms with Crippen LogP contribution in [0.5, 0.6) is 0 Å². The maximum absolute atomic E-state index is 10.9. The van der Waals surface area contributed by atoms with E-state index >= 15 is 0 Å². The van der Waals surface area contributed by atoms with Crippen molar-refractivity contribution in [3.05, 3.63) is 0 Å². The number of hydrogen-bond donors (Lipinski definition) is 2. The van der Waals surface area contributed by atoms with Gasteiger partial charge in [0.2, 0.25) is 0 Å². The maximum atomic E-state index is 10.9. The molecule has 0 amide bonds. The van der Waals surface area contributed by atoms with Gasteiger partial charge in [-0.05, 0) is 6.92 Å². The van der Waals surface area contributed by atoms with Gasteiger partial charge in [0.15, 0.2) is 0 Å². The second kappa shape index (κ2) is 5.33. The Hall–Kier alpha value is -0.650. The minimum atomic E-state index is -0.692. The zero-order valence-corrected chi connectivity index (χ0v) is 10.7. The van der Waals surface area contributed by atoms with Gasteiger partial charge in [0.1, 0.15) is 0 Å². The molecular weight excluding hydrogens is 218 g/mol. The van der Waals surface area contributed by atoms with Crippen molar-refractivity contribution in [2.45, 2.75) is 25.9 Å². The number of nitrogens with one attached hydrogen (secondary N) is 1. The van der Waals surface area contributed by atoms with E-state index in [1.807, 2.05) is 6.92 Å². The lowest BCUT2D eigenvalue weighted by Gasteiger charge is -2.49. The maximum Gasteiger partial charge on any atom is 0.307 e. The van der Waals surface area contributed by atoms with Gasteiger partial charge in [0.25, 0.3) is 0 Å². The summed E-state index contributed by atoms with van der Waals surface area (Å²) >= 11 is 0. The average molecular weight is 241 g/mol. The molecule has 2 rings (SSSR count). The first-order chi connectivity index (χ1) is 8.09. The van der Waals surface area contributed by atoms with Gasteiger partial charge >= 0.3 is 5.97 Å². The molecule has 0 saturated carbocycles. The van der Waals surface area contributed by atoms with Gasteiger partial charge in [0.05, 0.1) is 5.92 Å². The third-order valence-corrected chi connectivity index (χ3v) is 4.25. The molecule has 2 atom stereocenters. The number of carbonyl (C=O) groups is 1. The zero-order valence-electron chi connectivity index (χ0n) is 10.7. The molecule has 5 heteroatoms. The third kappa shape index (κ3) is 2.78. The Morgan fingerprint density at radius 2 is 1.88 bits per heavy atom. The Morgan fingerprint density at radius 1 is 1.29 bits per heavy atom. The van der Waals surface area contributed by atoms with Crippen LogP contribution in [0, 0.1) is 5.92 Å². The van der Waals surface area contributed by atoms with Crippen LogP contribution in [0.25, 0.3) is 0 Å². The van der Waals surface area contributed by atoms with Crippen LogP contribution in [0.2, 0.25) is 0 Å². The summed E-state index contributed by atoms with van der Waals surface area (Å²) in [5.74, 6) is -0.970. The smallest absolute Gasteiger partial charge is 0.307 e. The van der Waals surface area contributed by atoms with Crippen molar-refractivity contribution < 1.29 is 9.90 Å². The lowest BCUT2D eigenvalue weighted by atomic mass is 9.96. The van der Waals surface area contributed by atoms with E-state index in [1.54, 1.807) is 6.92 Å². The van der Waals surface area contributed by atoms with Crippen LogP contribution in [0.1, 0.15) is 13.8 Å². The molecule has 0 radical (unpaired) electrons. The van der Waals surface area contributed by atoms with Crippen LogP contribution in [0.15, 0.2) is 0 Å². The zero-order chi connectivity index (χ0) is 12.4. The van der Waals surface area contributed by atoms with E-state index in [9.17, 15) is 4.79 Å². The summed E-state index contributed by atoms with van der Waals surface area (Å²) in [4.78, 5) is 15.7. The fraction of sp³-hybridized carbons (Fsp3) is 0.917. The standard InChI is InChI=1S/C12H23N3O2/c1-9(12(16)17)10(2)15-7-11(8-15)14-5-3-13-4-6-14/h9-11,13H,3-8H2,1-2H3,(H,16,17). The molecular formula is C12H23N3O2. The highest BCUT2D eigenvalue weighted by atomic mass is 16.4. The van der Waals surface area contributed by atoms with E-state index in [1.165, 1.54) is 0 Å². The highest BCUT2D eigenvalue weighted by Crippen LogP contribution is 2.22. The van der Waals surface area contributed by atoms with Gasteiger partial charge in [-0.1, -0.05) is 6.92 Å². The SMILES string of the molecule is CC(C(=O)O)C(C)N1CC(N2CCNCC2)C1. The monoisotopic (exact) mass is 241 g/mol. The highest BCUT2D eigenvalue weighted by Gasteiger charge is 2.37. The third-order valence-electron chi connectivity index (χ3n) is 4.25. The summed E-state index contributed by atoms with van der Waals surface area (Å²) in [5.41, 5.74) is 0. The number of rotatable bonds is 4. The van der Waals surface area contributed by atoms with Crippen LogP contribution >= 0.6 is 0 Å². The van der Waals surface area contributed by atoms with E-state index in [0.717, 1.165) is 39.3 Å². The topological polar surface area (TPSA) is 55.8 Å². The fourth-order valence-corrected chi connectivity index (χ4v) is 2.62. The molecule has 2 aliphatic heterocycles. The quantitative estimate of drug-likeness (QED) is 0.707. The van der Waals surface area contributed by atoms with E-state index < -0.39 is 5.97 Å². The van der Waals surface area contributed by atoms with E-state index in [2.05, 4.69) is 15.1 Å². The van der Waals surface area contributed by atoms with Gasteiger partial charge in [-0.25, -0.2) is 0 Å². The lowest BCUT2D eigenvalue weighted by Crippen LogP contribution is -2.65. The molecule has 2 heterocycles. The van der Waals surface area contributed by atoms with E-state index in [4.69, 9.17) is 5.11 Å². The van der Waals surface area contributed by atoms with Crippen molar-refractivity contribution in [3.8, 4) is 0 Å². The van der Waals surface area contributed by atoms with Crippen LogP contribution in [0.3, 0.4) is 0 Å². The van der Waals surface area contributed by atoms with Crippen LogP contribution in [0.4, 0.5) is 0 Å². The van der Waals surface area contributed by atoms with Gasteiger partial charge in [-0.15, -0.1) is 0 Å². The Morgan fingerprint density at radius 3 is 2.41 bits per heavy atom. The molecule has 98 valence electrons. The van der Waals surface area contributed by atoms with Crippen LogP contribution < -0.4 is 5.32 Å². The Balaban J connectivity index is 1.76. The number of hydrogen-bond acceptors (Lipinski definition) is 4. The number of piperazine rings is 1. The van der Waals surface area contributed by atoms with Crippen molar-refractivity contribution in [1.82, 2.24) is 15.1 Å². The first-order valence-corrected chi connectivity index (χ1v) is 6.51. The van der Waals surface area contributed by atoms with Gasteiger partial charge in [-0.3, -0.25) is 14.6 Å². The number of aliphatic carboxylic acids is 1. The number of carboxylic acid groups (broad SMARTS) is 1. The molecule has 2 N–H and O–H groups in total. The summed E-state index contributed by atoms with van der Waals surface area (Å²) < 4.78 is 0. The Kier molecular flexibility index (Phi) is 4.01. The van der Waals surface area contributed by atoms with Crippen molar-refractivity contribution in [1.29, 1.82) is 0 Å². The number of nitrogens with zero attached hydrogens (tertiary/aromatic N) is 2. The molecule has 0 aromatic rings. The lowest BCUT2D eigenvalue weighted by molar-refractivity contribution is -0.144. The Bertz CT molecular complexity index is 273. The molecule has 5 nitrogen and oxygen atoms in total. The molecule has 2 fully saturated rings. The van der Waals surface area contributed by atoms with Crippen molar-refractivity contribution in [2.75, 3.05) is 39.3 Å². The molecule has 0 aromatic heterocycles. The fourth-order valence-electron chi connectivity index (χ4n) is 2.62. The number of likely N-dealkylation sites (tertiary alicyclic amines) is 1. The first-order valence-electron chi connectivity index (χ1n) is 6.51. The van der Waals surface area contributed by atoms with Crippen molar-refractivity contribution in [3.63, 3.8) is 0 Å².